The minimum absolute atomic E-state index is 0.108. The first-order chi connectivity index (χ1) is 10.3. The molecule has 2 aromatic carbocycles. The number of allylic oxidation sites excluding steroid dienone is 3. The van der Waals surface area contributed by atoms with Crippen LogP contribution in [0.25, 0.3) is 11.1 Å². The first kappa shape index (κ1) is 13.4. The van der Waals surface area contributed by atoms with E-state index >= 15 is 0 Å². The molecule has 0 spiro atoms. The molecule has 2 aromatic rings. The van der Waals surface area contributed by atoms with Gasteiger partial charge in [-0.1, -0.05) is 48.6 Å². The first-order valence-electron chi connectivity index (χ1n) is 7.09. The van der Waals surface area contributed by atoms with Crippen molar-refractivity contribution in [3.63, 3.8) is 0 Å². The van der Waals surface area contributed by atoms with Gasteiger partial charge in [-0.3, -0.25) is 4.79 Å². The zero-order valence-electron chi connectivity index (χ0n) is 12.0. The van der Waals surface area contributed by atoms with Gasteiger partial charge in [-0.05, 0) is 47.7 Å². The lowest BCUT2D eigenvalue weighted by atomic mass is 10.1. The summed E-state index contributed by atoms with van der Waals surface area (Å²) in [5.41, 5.74) is 6.04. The number of amides is 1. The van der Waals surface area contributed by atoms with Crippen LogP contribution in [-0.2, 0) is 11.2 Å². The van der Waals surface area contributed by atoms with Gasteiger partial charge in [0.15, 0.2) is 0 Å². The molecule has 1 aliphatic carbocycles. The topological polar surface area (TPSA) is 29.1 Å². The van der Waals surface area contributed by atoms with Gasteiger partial charge in [-0.2, -0.15) is 0 Å². The number of benzene rings is 2. The molecule has 1 amide bonds. The molecule has 21 heavy (non-hydrogen) atoms. The summed E-state index contributed by atoms with van der Waals surface area (Å²) in [5, 5.41) is 2.90. The van der Waals surface area contributed by atoms with E-state index in [9.17, 15) is 4.79 Å². The van der Waals surface area contributed by atoms with E-state index in [-0.39, 0.29) is 5.91 Å². The highest BCUT2D eigenvalue weighted by Gasteiger charge is 2.17. The minimum Gasteiger partial charge on any atom is -0.323 e. The number of hydrogen-bond donors (Lipinski definition) is 1. The third kappa shape index (κ3) is 2.79. The normalized spacial score (nSPS) is 12.6. The molecule has 3 rings (SSSR count). The van der Waals surface area contributed by atoms with Crippen LogP contribution >= 0.6 is 0 Å². The van der Waals surface area contributed by atoms with Gasteiger partial charge in [-0.15, -0.1) is 0 Å². The van der Waals surface area contributed by atoms with Gasteiger partial charge >= 0.3 is 0 Å². The zero-order valence-corrected chi connectivity index (χ0v) is 12.0. The molecular formula is C19H17NO. The van der Waals surface area contributed by atoms with E-state index in [4.69, 9.17) is 0 Å². The standard InChI is InChI=1S/C19H17NO/c1-2-3-4-9-19(21)20-16-10-11-18-15(13-16)12-14-7-5-6-8-17(14)18/h2-11,13H,12H2,1H3,(H,20,21)/b3-2+,9-4+. The monoisotopic (exact) mass is 275 g/mol. The van der Waals surface area contributed by atoms with Crippen LogP contribution in [0.4, 0.5) is 5.69 Å². The minimum atomic E-state index is -0.108. The van der Waals surface area contributed by atoms with Crippen LogP contribution in [0.5, 0.6) is 0 Å². The molecule has 0 saturated carbocycles. The molecule has 0 bridgehead atoms. The summed E-state index contributed by atoms with van der Waals surface area (Å²) in [6, 6.07) is 14.6. The molecule has 0 saturated heterocycles. The highest BCUT2D eigenvalue weighted by molar-refractivity contribution is 5.99. The number of nitrogens with one attached hydrogen (secondary N) is 1. The van der Waals surface area contributed by atoms with Crippen LogP contribution < -0.4 is 5.32 Å². The van der Waals surface area contributed by atoms with Crippen molar-refractivity contribution in [3.8, 4) is 11.1 Å². The second-order valence-corrected chi connectivity index (χ2v) is 5.08. The second kappa shape index (κ2) is 5.80. The average Bonchev–Trinajstić information content (AvgIpc) is 2.85. The van der Waals surface area contributed by atoms with Gasteiger partial charge < -0.3 is 5.32 Å². The largest absolute Gasteiger partial charge is 0.323 e. The molecule has 0 fully saturated rings. The highest BCUT2D eigenvalue weighted by Crippen LogP contribution is 2.37. The van der Waals surface area contributed by atoms with E-state index in [1.165, 1.54) is 28.3 Å². The summed E-state index contributed by atoms with van der Waals surface area (Å²) < 4.78 is 0. The summed E-state index contributed by atoms with van der Waals surface area (Å²) in [6.07, 6.45) is 7.92. The van der Waals surface area contributed by atoms with E-state index < -0.39 is 0 Å². The Balaban J connectivity index is 1.79. The number of rotatable bonds is 3. The van der Waals surface area contributed by atoms with E-state index in [0.717, 1.165) is 12.1 Å². The Morgan fingerprint density at radius 1 is 1.05 bits per heavy atom. The summed E-state index contributed by atoms with van der Waals surface area (Å²) in [7, 11) is 0. The predicted octanol–water partition coefficient (Wildman–Crippen LogP) is 4.33. The predicted molar refractivity (Wildman–Crippen MR) is 87.3 cm³/mol. The van der Waals surface area contributed by atoms with Gasteiger partial charge in [0.1, 0.15) is 0 Å². The molecule has 1 aliphatic rings. The number of carbonyl (C=O) groups excluding carboxylic acids is 1. The van der Waals surface area contributed by atoms with Crippen molar-refractivity contribution in [2.45, 2.75) is 13.3 Å². The number of carbonyl (C=O) groups is 1. The van der Waals surface area contributed by atoms with E-state index in [0.29, 0.717) is 0 Å². The summed E-state index contributed by atoms with van der Waals surface area (Å²) in [6.45, 7) is 1.92. The molecule has 0 atom stereocenters. The third-order valence-electron chi connectivity index (χ3n) is 3.61. The smallest absolute Gasteiger partial charge is 0.248 e. The van der Waals surface area contributed by atoms with Gasteiger partial charge in [0.05, 0.1) is 0 Å². The van der Waals surface area contributed by atoms with Crippen molar-refractivity contribution in [1.82, 2.24) is 0 Å². The molecule has 104 valence electrons. The van der Waals surface area contributed by atoms with Crippen LogP contribution in [0.15, 0.2) is 66.8 Å². The average molecular weight is 275 g/mol. The first-order valence-corrected chi connectivity index (χ1v) is 7.09. The number of hydrogen-bond acceptors (Lipinski definition) is 1. The van der Waals surface area contributed by atoms with Crippen molar-refractivity contribution in [1.29, 1.82) is 0 Å². The maximum absolute atomic E-state index is 11.8. The quantitative estimate of drug-likeness (QED) is 0.559. The molecule has 0 radical (unpaired) electrons. The van der Waals surface area contributed by atoms with Crippen molar-refractivity contribution in [2.75, 3.05) is 5.32 Å². The fourth-order valence-corrected chi connectivity index (χ4v) is 2.66. The van der Waals surface area contributed by atoms with Crippen LogP contribution in [0.2, 0.25) is 0 Å². The van der Waals surface area contributed by atoms with E-state index in [1.807, 2.05) is 25.1 Å². The molecule has 0 heterocycles. The lowest BCUT2D eigenvalue weighted by Gasteiger charge is -2.05. The van der Waals surface area contributed by atoms with Gasteiger partial charge in [0, 0.05) is 11.8 Å². The van der Waals surface area contributed by atoms with Crippen LogP contribution in [-0.4, -0.2) is 5.91 Å². The fraction of sp³-hybridized carbons (Fsp3) is 0.105. The molecule has 2 heteroatoms. The van der Waals surface area contributed by atoms with Crippen molar-refractivity contribution < 1.29 is 4.79 Å². The molecule has 2 nitrogen and oxygen atoms in total. The Morgan fingerprint density at radius 2 is 1.86 bits per heavy atom. The van der Waals surface area contributed by atoms with Gasteiger partial charge in [-0.25, -0.2) is 0 Å². The van der Waals surface area contributed by atoms with Crippen molar-refractivity contribution in [2.24, 2.45) is 0 Å². The molecular weight excluding hydrogens is 258 g/mol. The Hall–Kier alpha value is -2.61. The van der Waals surface area contributed by atoms with Crippen molar-refractivity contribution in [3.05, 3.63) is 77.9 Å². The Bertz CT molecular complexity index is 741. The lowest BCUT2D eigenvalue weighted by Crippen LogP contribution is -2.07. The van der Waals surface area contributed by atoms with Gasteiger partial charge in [0.2, 0.25) is 5.91 Å². The van der Waals surface area contributed by atoms with Crippen LogP contribution in [0, 0.1) is 0 Å². The molecule has 0 unspecified atom stereocenters. The Kier molecular flexibility index (Phi) is 3.69. The maximum Gasteiger partial charge on any atom is 0.248 e. The van der Waals surface area contributed by atoms with Crippen molar-refractivity contribution >= 4 is 11.6 Å². The van der Waals surface area contributed by atoms with Gasteiger partial charge in [0.25, 0.3) is 0 Å². The molecule has 0 aromatic heterocycles. The van der Waals surface area contributed by atoms with E-state index in [1.54, 1.807) is 6.08 Å². The molecule has 1 N–H and O–H groups in total. The summed E-state index contributed by atoms with van der Waals surface area (Å²) >= 11 is 0. The SMILES string of the molecule is C/C=C/C=C/C(=O)Nc1ccc2c(c1)Cc1ccccc1-2. The fourth-order valence-electron chi connectivity index (χ4n) is 2.66. The number of fused-ring (bicyclic) bond motifs is 3. The Labute approximate surface area is 124 Å². The maximum atomic E-state index is 11.8. The number of anilines is 1. The molecule has 0 aliphatic heterocycles. The summed E-state index contributed by atoms with van der Waals surface area (Å²) in [5.74, 6) is -0.108. The summed E-state index contributed by atoms with van der Waals surface area (Å²) in [4.78, 5) is 11.8. The van der Waals surface area contributed by atoms with E-state index in [2.05, 4.69) is 41.7 Å². The van der Waals surface area contributed by atoms with Crippen LogP contribution in [0.3, 0.4) is 0 Å². The lowest BCUT2D eigenvalue weighted by molar-refractivity contribution is -0.111. The van der Waals surface area contributed by atoms with Crippen LogP contribution in [0.1, 0.15) is 18.1 Å². The third-order valence-corrected chi connectivity index (χ3v) is 3.61. The Morgan fingerprint density at radius 3 is 2.71 bits per heavy atom. The highest BCUT2D eigenvalue weighted by atomic mass is 16.1. The second-order valence-electron chi connectivity index (χ2n) is 5.08. The zero-order chi connectivity index (χ0) is 14.7.